The van der Waals surface area contributed by atoms with Crippen LogP contribution < -0.4 is 25.0 Å². The van der Waals surface area contributed by atoms with Gasteiger partial charge >= 0.3 is 0 Å². The van der Waals surface area contributed by atoms with Crippen molar-refractivity contribution in [2.45, 2.75) is 0 Å². The van der Waals surface area contributed by atoms with Crippen LogP contribution in [0.25, 0.3) is 0 Å². The fourth-order valence-electron chi connectivity index (χ4n) is 1.99. The number of hydrogen-bond acceptors (Lipinski definition) is 5. The van der Waals surface area contributed by atoms with Crippen molar-refractivity contribution >= 4 is 29.2 Å². The zero-order chi connectivity index (χ0) is 17.4. The molecular weight excluding hydrogens is 326 g/mol. The Morgan fingerprint density at radius 1 is 0.958 bits per heavy atom. The molecule has 0 aliphatic heterocycles. The molecule has 0 saturated carbocycles. The van der Waals surface area contributed by atoms with Gasteiger partial charge in [0.15, 0.2) is 16.6 Å². The Kier molecular flexibility index (Phi) is 6.39. The number of hydrazone groups is 1. The first-order valence-electron chi connectivity index (χ1n) is 7.13. The molecule has 0 radical (unpaired) electrons. The lowest BCUT2D eigenvalue weighted by molar-refractivity contribution is 0.349. The summed E-state index contributed by atoms with van der Waals surface area (Å²) >= 11 is 5.19. The van der Waals surface area contributed by atoms with Gasteiger partial charge in [0.25, 0.3) is 0 Å². The highest BCUT2D eigenvalue weighted by atomic mass is 32.1. The molecule has 6 nitrogen and oxygen atoms in total. The highest BCUT2D eigenvalue weighted by molar-refractivity contribution is 7.80. The SMILES string of the molecule is COc1cc(OC)c(OC)cc1/C=N\NC(=S)Nc1ccccc1. The number of rotatable bonds is 6. The smallest absolute Gasteiger partial charge is 0.191 e. The van der Waals surface area contributed by atoms with Crippen molar-refractivity contribution < 1.29 is 14.2 Å². The van der Waals surface area contributed by atoms with E-state index < -0.39 is 0 Å². The number of ether oxygens (including phenoxy) is 3. The van der Waals surface area contributed by atoms with Gasteiger partial charge in [-0.1, -0.05) is 18.2 Å². The lowest BCUT2D eigenvalue weighted by Gasteiger charge is -2.12. The third kappa shape index (κ3) is 4.60. The minimum absolute atomic E-state index is 0.386. The Balaban J connectivity index is 2.06. The summed E-state index contributed by atoms with van der Waals surface area (Å²) in [5.41, 5.74) is 4.37. The average molecular weight is 345 g/mol. The molecule has 2 rings (SSSR count). The second kappa shape index (κ2) is 8.73. The average Bonchev–Trinajstić information content (AvgIpc) is 2.62. The van der Waals surface area contributed by atoms with Crippen LogP contribution in [0.2, 0.25) is 0 Å². The molecular formula is C17H19N3O3S. The van der Waals surface area contributed by atoms with Crippen LogP contribution >= 0.6 is 12.2 Å². The van der Waals surface area contributed by atoms with E-state index in [9.17, 15) is 0 Å². The van der Waals surface area contributed by atoms with E-state index in [1.807, 2.05) is 30.3 Å². The number of para-hydroxylation sites is 1. The molecule has 0 atom stereocenters. The summed E-state index contributed by atoms with van der Waals surface area (Å²) in [4.78, 5) is 0. The fourth-order valence-corrected chi connectivity index (χ4v) is 2.17. The van der Waals surface area contributed by atoms with Crippen LogP contribution in [0.15, 0.2) is 47.6 Å². The van der Waals surface area contributed by atoms with E-state index in [1.165, 1.54) is 0 Å². The molecule has 126 valence electrons. The van der Waals surface area contributed by atoms with E-state index in [-0.39, 0.29) is 0 Å². The highest BCUT2D eigenvalue weighted by Crippen LogP contribution is 2.33. The van der Waals surface area contributed by atoms with Crippen LogP contribution in [0.3, 0.4) is 0 Å². The third-order valence-electron chi connectivity index (χ3n) is 3.14. The van der Waals surface area contributed by atoms with Crippen molar-refractivity contribution in [3.05, 3.63) is 48.0 Å². The Hall–Kier alpha value is -2.80. The van der Waals surface area contributed by atoms with Gasteiger partial charge in [-0.2, -0.15) is 5.10 Å². The zero-order valence-corrected chi connectivity index (χ0v) is 14.5. The van der Waals surface area contributed by atoms with Crippen LogP contribution in [-0.2, 0) is 0 Å². The molecule has 0 aromatic heterocycles. The normalized spacial score (nSPS) is 10.3. The second-order valence-corrected chi connectivity index (χ2v) is 5.05. The molecule has 0 fully saturated rings. The fraction of sp³-hybridized carbons (Fsp3) is 0.176. The molecule has 0 unspecified atom stereocenters. The molecule has 2 N–H and O–H groups in total. The first kappa shape index (κ1) is 17.6. The largest absolute Gasteiger partial charge is 0.496 e. The van der Waals surface area contributed by atoms with E-state index >= 15 is 0 Å². The summed E-state index contributed by atoms with van der Waals surface area (Å²) in [6.45, 7) is 0. The Morgan fingerprint density at radius 2 is 1.58 bits per heavy atom. The molecule has 7 heteroatoms. The van der Waals surface area contributed by atoms with E-state index in [2.05, 4.69) is 15.8 Å². The lowest BCUT2D eigenvalue weighted by atomic mass is 10.2. The maximum atomic E-state index is 5.34. The van der Waals surface area contributed by atoms with E-state index in [0.717, 1.165) is 11.3 Å². The molecule has 24 heavy (non-hydrogen) atoms. The van der Waals surface area contributed by atoms with Gasteiger partial charge in [-0.05, 0) is 30.4 Å². The highest BCUT2D eigenvalue weighted by Gasteiger charge is 2.10. The van der Waals surface area contributed by atoms with Gasteiger partial charge in [0.05, 0.1) is 27.5 Å². The number of anilines is 1. The number of methoxy groups -OCH3 is 3. The second-order valence-electron chi connectivity index (χ2n) is 4.64. The summed E-state index contributed by atoms with van der Waals surface area (Å²) in [5.74, 6) is 1.78. The van der Waals surface area contributed by atoms with Crippen LogP contribution in [0.1, 0.15) is 5.56 Å². The number of nitrogens with zero attached hydrogens (tertiary/aromatic N) is 1. The molecule has 0 saturated heterocycles. The Bertz CT molecular complexity index is 721. The molecule has 0 amide bonds. The summed E-state index contributed by atoms with van der Waals surface area (Å²) in [5, 5.41) is 7.54. The summed E-state index contributed by atoms with van der Waals surface area (Å²) < 4.78 is 15.9. The Labute approximate surface area is 146 Å². The quantitative estimate of drug-likeness (QED) is 0.477. The lowest BCUT2D eigenvalue weighted by Crippen LogP contribution is -2.23. The first-order valence-corrected chi connectivity index (χ1v) is 7.54. The van der Waals surface area contributed by atoms with Crippen molar-refractivity contribution in [3.63, 3.8) is 0 Å². The monoisotopic (exact) mass is 345 g/mol. The van der Waals surface area contributed by atoms with Gasteiger partial charge in [0, 0.05) is 17.3 Å². The van der Waals surface area contributed by atoms with Crippen molar-refractivity contribution in [2.24, 2.45) is 5.10 Å². The number of benzene rings is 2. The Morgan fingerprint density at radius 3 is 2.21 bits per heavy atom. The zero-order valence-electron chi connectivity index (χ0n) is 13.7. The van der Waals surface area contributed by atoms with Crippen LogP contribution in [0.5, 0.6) is 17.2 Å². The molecule has 0 heterocycles. The maximum Gasteiger partial charge on any atom is 0.191 e. The molecule has 0 aliphatic rings. The van der Waals surface area contributed by atoms with Gasteiger partial charge in [0.1, 0.15) is 5.75 Å². The van der Waals surface area contributed by atoms with E-state index in [4.69, 9.17) is 26.4 Å². The van der Waals surface area contributed by atoms with E-state index in [1.54, 1.807) is 39.7 Å². The number of hydrogen-bond donors (Lipinski definition) is 2. The molecule has 2 aromatic rings. The van der Waals surface area contributed by atoms with Gasteiger partial charge in [-0.15, -0.1) is 0 Å². The standard InChI is InChI=1S/C17H19N3O3S/c1-21-14-10-16(23-3)15(22-2)9-12(14)11-18-20-17(24)19-13-7-5-4-6-8-13/h4-11H,1-3H3,(H2,19,20,24)/b18-11-. The minimum Gasteiger partial charge on any atom is -0.496 e. The number of thiocarbonyl (C=S) groups is 1. The predicted octanol–water partition coefficient (Wildman–Crippen LogP) is 3.03. The van der Waals surface area contributed by atoms with Gasteiger partial charge in [-0.25, -0.2) is 0 Å². The number of nitrogens with one attached hydrogen (secondary N) is 2. The van der Waals surface area contributed by atoms with Crippen LogP contribution in [0.4, 0.5) is 5.69 Å². The first-order chi connectivity index (χ1) is 11.7. The minimum atomic E-state index is 0.386. The molecule has 2 aromatic carbocycles. The summed E-state index contributed by atoms with van der Waals surface area (Å²) in [6, 6.07) is 13.1. The molecule has 0 spiro atoms. The molecule has 0 bridgehead atoms. The van der Waals surface area contributed by atoms with Crippen LogP contribution in [0, 0.1) is 0 Å². The topological polar surface area (TPSA) is 64.1 Å². The summed E-state index contributed by atoms with van der Waals surface area (Å²) in [6.07, 6.45) is 1.60. The van der Waals surface area contributed by atoms with Crippen LogP contribution in [-0.4, -0.2) is 32.7 Å². The van der Waals surface area contributed by atoms with Gasteiger partial charge in [-0.3, -0.25) is 5.43 Å². The van der Waals surface area contributed by atoms with Crippen molar-refractivity contribution in [2.75, 3.05) is 26.6 Å². The van der Waals surface area contributed by atoms with Gasteiger partial charge in [0.2, 0.25) is 0 Å². The third-order valence-corrected chi connectivity index (χ3v) is 3.33. The summed E-state index contributed by atoms with van der Waals surface area (Å²) in [7, 11) is 4.72. The van der Waals surface area contributed by atoms with E-state index in [0.29, 0.717) is 22.4 Å². The predicted molar refractivity (Wildman–Crippen MR) is 99.5 cm³/mol. The van der Waals surface area contributed by atoms with Crippen molar-refractivity contribution in [3.8, 4) is 17.2 Å². The maximum absolute atomic E-state index is 5.34. The van der Waals surface area contributed by atoms with Gasteiger partial charge < -0.3 is 19.5 Å². The van der Waals surface area contributed by atoms with Crippen molar-refractivity contribution in [1.82, 2.24) is 5.43 Å². The van der Waals surface area contributed by atoms with Crippen molar-refractivity contribution in [1.29, 1.82) is 0 Å². The molecule has 0 aliphatic carbocycles.